The Labute approximate surface area is 121 Å². The second-order valence-electron chi connectivity index (χ2n) is 5.85. The van der Waals surface area contributed by atoms with Crippen molar-refractivity contribution >= 4 is 0 Å². The van der Waals surface area contributed by atoms with Gasteiger partial charge in [-0.1, -0.05) is 6.07 Å². The molecule has 0 bridgehead atoms. The minimum absolute atomic E-state index is 0.139. The lowest BCUT2D eigenvalue weighted by molar-refractivity contribution is -0.140. The minimum atomic E-state index is -4.75. The first-order chi connectivity index (χ1) is 9.63. The highest BCUT2D eigenvalue weighted by molar-refractivity contribution is 5.31. The van der Waals surface area contributed by atoms with E-state index in [-0.39, 0.29) is 5.56 Å². The van der Waals surface area contributed by atoms with Gasteiger partial charge in [-0.2, -0.15) is 13.2 Å². The van der Waals surface area contributed by atoms with Crippen molar-refractivity contribution in [1.82, 2.24) is 4.90 Å². The standard InChI is InChI=1S/C15H19F4NO/c1-10(2)20-7-5-14(21,6-8-20)11-3-4-13(16)12(9-11)15(17,18)19/h3-4,9-10,21H,5-8H2,1-2H3. The Morgan fingerprint density at radius 1 is 1.19 bits per heavy atom. The van der Waals surface area contributed by atoms with Gasteiger partial charge < -0.3 is 10.0 Å². The summed E-state index contributed by atoms with van der Waals surface area (Å²) >= 11 is 0. The summed E-state index contributed by atoms with van der Waals surface area (Å²) in [6.45, 7) is 5.27. The van der Waals surface area contributed by atoms with Crippen LogP contribution in [-0.4, -0.2) is 29.1 Å². The van der Waals surface area contributed by atoms with Crippen LogP contribution in [0.25, 0.3) is 0 Å². The van der Waals surface area contributed by atoms with E-state index in [2.05, 4.69) is 4.90 Å². The lowest BCUT2D eigenvalue weighted by Gasteiger charge is -2.40. The number of nitrogens with zero attached hydrogens (tertiary/aromatic N) is 1. The van der Waals surface area contributed by atoms with Gasteiger partial charge in [0.25, 0.3) is 0 Å². The molecule has 1 saturated heterocycles. The van der Waals surface area contributed by atoms with Gasteiger partial charge in [0.05, 0.1) is 11.2 Å². The van der Waals surface area contributed by atoms with Crippen LogP contribution in [0.4, 0.5) is 17.6 Å². The zero-order valence-electron chi connectivity index (χ0n) is 12.0. The van der Waals surface area contributed by atoms with Crippen LogP contribution >= 0.6 is 0 Å². The third kappa shape index (κ3) is 3.37. The molecule has 0 spiro atoms. The Bertz CT molecular complexity index is 505. The van der Waals surface area contributed by atoms with E-state index in [9.17, 15) is 22.7 Å². The lowest BCUT2D eigenvalue weighted by atomic mass is 9.83. The fourth-order valence-corrected chi connectivity index (χ4v) is 2.73. The van der Waals surface area contributed by atoms with E-state index in [0.717, 1.165) is 12.1 Å². The Balaban J connectivity index is 2.26. The molecule has 0 saturated carbocycles. The van der Waals surface area contributed by atoms with Gasteiger partial charge in [-0.15, -0.1) is 0 Å². The Morgan fingerprint density at radius 2 is 1.76 bits per heavy atom. The molecule has 2 nitrogen and oxygen atoms in total. The Morgan fingerprint density at radius 3 is 2.24 bits per heavy atom. The molecule has 118 valence electrons. The molecule has 1 aliphatic rings. The van der Waals surface area contributed by atoms with E-state index < -0.39 is 23.2 Å². The predicted octanol–water partition coefficient (Wildman–Crippen LogP) is 3.54. The number of piperidine rings is 1. The van der Waals surface area contributed by atoms with Gasteiger partial charge in [-0.3, -0.25) is 0 Å². The molecule has 0 unspecified atom stereocenters. The number of hydrogen-bond donors (Lipinski definition) is 1. The van der Waals surface area contributed by atoms with Gasteiger partial charge in [-0.05, 0) is 44.4 Å². The van der Waals surface area contributed by atoms with Gasteiger partial charge in [0, 0.05) is 19.1 Å². The zero-order valence-corrected chi connectivity index (χ0v) is 12.0. The average molecular weight is 305 g/mol. The molecule has 1 aromatic carbocycles. The summed E-state index contributed by atoms with van der Waals surface area (Å²) in [4.78, 5) is 2.16. The quantitative estimate of drug-likeness (QED) is 0.845. The summed E-state index contributed by atoms with van der Waals surface area (Å²) in [5.74, 6) is -1.31. The van der Waals surface area contributed by atoms with E-state index in [4.69, 9.17) is 0 Å². The van der Waals surface area contributed by atoms with Crippen LogP contribution < -0.4 is 0 Å². The maximum Gasteiger partial charge on any atom is 0.419 e. The molecule has 1 aliphatic heterocycles. The first-order valence-corrected chi connectivity index (χ1v) is 6.97. The molecule has 1 heterocycles. The summed E-state index contributed by atoms with van der Waals surface area (Å²) in [5.41, 5.74) is -2.50. The monoisotopic (exact) mass is 305 g/mol. The summed E-state index contributed by atoms with van der Waals surface area (Å²) in [5, 5.41) is 10.6. The van der Waals surface area contributed by atoms with E-state index >= 15 is 0 Å². The molecule has 1 fully saturated rings. The molecule has 1 aromatic rings. The van der Waals surface area contributed by atoms with Crippen molar-refractivity contribution in [1.29, 1.82) is 0 Å². The largest absolute Gasteiger partial charge is 0.419 e. The van der Waals surface area contributed by atoms with Crippen LogP contribution in [0.3, 0.4) is 0 Å². The molecule has 21 heavy (non-hydrogen) atoms. The van der Waals surface area contributed by atoms with Crippen LogP contribution in [0.5, 0.6) is 0 Å². The first-order valence-electron chi connectivity index (χ1n) is 6.97. The summed E-state index contributed by atoms with van der Waals surface area (Å²) in [7, 11) is 0. The molecule has 0 aliphatic carbocycles. The minimum Gasteiger partial charge on any atom is -0.385 e. The lowest BCUT2D eigenvalue weighted by Crippen LogP contribution is -2.45. The summed E-state index contributed by atoms with van der Waals surface area (Å²) < 4.78 is 51.6. The first kappa shape index (κ1) is 16.2. The van der Waals surface area contributed by atoms with Crippen LogP contribution in [0.15, 0.2) is 18.2 Å². The molecule has 0 amide bonds. The summed E-state index contributed by atoms with van der Waals surface area (Å²) in [6, 6.07) is 3.09. The van der Waals surface area contributed by atoms with Crippen LogP contribution in [-0.2, 0) is 11.8 Å². The van der Waals surface area contributed by atoms with Crippen LogP contribution in [0.2, 0.25) is 0 Å². The van der Waals surface area contributed by atoms with Crippen molar-refractivity contribution in [2.75, 3.05) is 13.1 Å². The van der Waals surface area contributed by atoms with E-state index in [1.54, 1.807) is 0 Å². The molecule has 6 heteroatoms. The van der Waals surface area contributed by atoms with Gasteiger partial charge in [-0.25, -0.2) is 4.39 Å². The second-order valence-corrected chi connectivity index (χ2v) is 5.85. The second kappa shape index (κ2) is 5.57. The zero-order chi connectivity index (χ0) is 15.8. The van der Waals surface area contributed by atoms with Crippen molar-refractivity contribution in [3.63, 3.8) is 0 Å². The number of likely N-dealkylation sites (tertiary alicyclic amines) is 1. The molecule has 2 rings (SSSR count). The van der Waals surface area contributed by atoms with Crippen molar-refractivity contribution in [2.45, 2.75) is 44.5 Å². The van der Waals surface area contributed by atoms with E-state index in [0.29, 0.717) is 32.0 Å². The Kier molecular flexibility index (Phi) is 4.31. The van der Waals surface area contributed by atoms with Crippen molar-refractivity contribution in [3.05, 3.63) is 35.1 Å². The number of halogens is 4. The number of alkyl halides is 3. The predicted molar refractivity (Wildman–Crippen MR) is 71.2 cm³/mol. The molecule has 0 atom stereocenters. The topological polar surface area (TPSA) is 23.5 Å². The molecular formula is C15H19F4NO. The van der Waals surface area contributed by atoms with Crippen molar-refractivity contribution < 1.29 is 22.7 Å². The molecular weight excluding hydrogens is 286 g/mol. The third-order valence-corrected chi connectivity index (χ3v) is 4.16. The average Bonchev–Trinajstić information content (AvgIpc) is 2.38. The van der Waals surface area contributed by atoms with Gasteiger partial charge in [0.2, 0.25) is 0 Å². The van der Waals surface area contributed by atoms with E-state index in [1.807, 2.05) is 13.8 Å². The fraction of sp³-hybridized carbons (Fsp3) is 0.600. The highest BCUT2D eigenvalue weighted by atomic mass is 19.4. The molecule has 0 aromatic heterocycles. The number of hydrogen-bond acceptors (Lipinski definition) is 2. The number of rotatable bonds is 2. The smallest absolute Gasteiger partial charge is 0.385 e. The Hall–Kier alpha value is -1.14. The van der Waals surface area contributed by atoms with E-state index in [1.165, 1.54) is 6.07 Å². The van der Waals surface area contributed by atoms with Gasteiger partial charge in [0.15, 0.2) is 0 Å². The number of aliphatic hydroxyl groups is 1. The van der Waals surface area contributed by atoms with Gasteiger partial charge in [0.1, 0.15) is 5.82 Å². The number of benzene rings is 1. The van der Waals surface area contributed by atoms with Gasteiger partial charge >= 0.3 is 6.18 Å². The fourth-order valence-electron chi connectivity index (χ4n) is 2.73. The SMILES string of the molecule is CC(C)N1CCC(O)(c2ccc(F)c(C(F)(F)F)c2)CC1. The maximum absolute atomic E-state index is 13.3. The highest BCUT2D eigenvalue weighted by Crippen LogP contribution is 2.38. The molecule has 1 N–H and O–H groups in total. The normalized spacial score (nSPS) is 20.0. The maximum atomic E-state index is 13.3. The highest BCUT2D eigenvalue weighted by Gasteiger charge is 2.39. The van der Waals surface area contributed by atoms with Crippen molar-refractivity contribution in [3.8, 4) is 0 Å². The molecule has 0 radical (unpaired) electrons. The summed E-state index contributed by atoms with van der Waals surface area (Å²) in [6.07, 6.45) is -4.07. The van der Waals surface area contributed by atoms with Crippen LogP contribution in [0.1, 0.15) is 37.8 Å². The van der Waals surface area contributed by atoms with Crippen LogP contribution in [0, 0.1) is 5.82 Å². The third-order valence-electron chi connectivity index (χ3n) is 4.16. The van der Waals surface area contributed by atoms with Crippen molar-refractivity contribution in [2.24, 2.45) is 0 Å².